The van der Waals surface area contributed by atoms with Gasteiger partial charge in [-0.05, 0) is 28.2 Å². The Kier molecular flexibility index (Phi) is 3.69. The third kappa shape index (κ3) is 2.15. The molecular weight excluding hydrogens is 308 g/mol. The van der Waals surface area contributed by atoms with Gasteiger partial charge >= 0.3 is 0 Å². The second kappa shape index (κ2) is 4.59. The molecule has 14 heavy (non-hydrogen) atoms. The fourth-order valence-corrected chi connectivity index (χ4v) is 1.71. The summed E-state index contributed by atoms with van der Waals surface area (Å²) in [6.45, 7) is 0. The summed E-state index contributed by atoms with van der Waals surface area (Å²) in [6, 6.07) is 1.80. The van der Waals surface area contributed by atoms with Crippen LogP contribution in [-0.4, -0.2) is 4.98 Å². The summed E-state index contributed by atoms with van der Waals surface area (Å²) in [5.74, 6) is -1.17. The van der Waals surface area contributed by atoms with E-state index >= 15 is 0 Å². The van der Waals surface area contributed by atoms with Crippen LogP contribution in [0, 0.1) is 20.8 Å². The molecule has 74 valence electrons. The first-order chi connectivity index (χ1) is 6.57. The zero-order chi connectivity index (χ0) is 10.7. The lowest BCUT2D eigenvalue weighted by Gasteiger charge is -2.06. The minimum absolute atomic E-state index is 0.0503. The van der Waals surface area contributed by atoms with Crippen LogP contribution in [0.15, 0.2) is 6.20 Å². The van der Waals surface area contributed by atoms with E-state index in [4.69, 9.17) is 5.26 Å². The zero-order valence-corrected chi connectivity index (χ0v) is 8.93. The molecule has 0 aliphatic heterocycles. The molecule has 0 bridgehead atoms. The van der Waals surface area contributed by atoms with Crippen molar-refractivity contribution in [2.75, 3.05) is 0 Å². The molecule has 0 radical (unpaired) electrons. The van der Waals surface area contributed by atoms with E-state index in [0.717, 1.165) is 6.20 Å². The van der Waals surface area contributed by atoms with Crippen molar-refractivity contribution in [2.45, 2.75) is 12.8 Å². The summed E-state index contributed by atoms with van der Waals surface area (Å²) >= 11 is 1.59. The lowest BCUT2D eigenvalue weighted by Crippen LogP contribution is -2.02. The average Bonchev–Trinajstić information content (AvgIpc) is 2.10. The molecule has 0 saturated heterocycles. The van der Waals surface area contributed by atoms with E-state index in [0.29, 0.717) is 5.56 Å². The number of rotatable bonds is 2. The molecule has 1 aromatic rings. The Morgan fingerprint density at radius 3 is 2.71 bits per heavy atom. The van der Waals surface area contributed by atoms with Crippen LogP contribution in [0.25, 0.3) is 0 Å². The van der Waals surface area contributed by atoms with Crippen molar-refractivity contribution in [3.05, 3.63) is 26.8 Å². The summed E-state index contributed by atoms with van der Waals surface area (Å²) in [4.78, 5) is 3.18. The second-order valence-corrected chi connectivity index (χ2v) is 3.52. The molecule has 0 amide bonds. The maximum Gasteiger partial charge on any atom is 0.269 e. The Morgan fingerprint density at radius 1 is 1.57 bits per heavy atom. The topological polar surface area (TPSA) is 36.7 Å². The number of aromatic nitrogens is 1. The Bertz CT molecular complexity index is 387. The fraction of sp³-hybridized carbons (Fsp3) is 0.250. The van der Waals surface area contributed by atoms with Crippen LogP contribution in [0.2, 0.25) is 0 Å². The molecule has 0 aliphatic carbocycles. The minimum atomic E-state index is -2.91. The largest absolute Gasteiger partial charge is 0.269 e. The average molecular weight is 312 g/mol. The van der Waals surface area contributed by atoms with Crippen LogP contribution >= 0.6 is 22.6 Å². The van der Waals surface area contributed by atoms with Crippen LogP contribution in [-0.2, 0) is 6.42 Å². The number of halogens is 4. The van der Waals surface area contributed by atoms with Gasteiger partial charge in [0.2, 0.25) is 5.95 Å². The van der Waals surface area contributed by atoms with Gasteiger partial charge in [-0.3, -0.25) is 0 Å². The number of alkyl halides is 2. The molecule has 0 atom stereocenters. The van der Waals surface area contributed by atoms with Crippen LogP contribution in [0.3, 0.4) is 0 Å². The Hall–Kier alpha value is -0.840. The molecule has 0 aromatic carbocycles. The summed E-state index contributed by atoms with van der Waals surface area (Å²) in [7, 11) is 0. The van der Waals surface area contributed by atoms with E-state index in [1.165, 1.54) is 0 Å². The number of pyridine rings is 1. The van der Waals surface area contributed by atoms with Crippen molar-refractivity contribution in [1.82, 2.24) is 4.98 Å². The lowest BCUT2D eigenvalue weighted by atomic mass is 10.1. The van der Waals surface area contributed by atoms with E-state index in [9.17, 15) is 13.2 Å². The number of nitriles is 1. The van der Waals surface area contributed by atoms with E-state index in [1.54, 1.807) is 28.7 Å². The van der Waals surface area contributed by atoms with Gasteiger partial charge in [0.1, 0.15) is 0 Å². The molecule has 6 heteroatoms. The normalized spacial score (nSPS) is 10.3. The van der Waals surface area contributed by atoms with E-state index in [1.807, 2.05) is 0 Å². The van der Waals surface area contributed by atoms with Gasteiger partial charge in [-0.1, -0.05) is 0 Å². The molecule has 0 aliphatic rings. The van der Waals surface area contributed by atoms with Crippen molar-refractivity contribution >= 4 is 22.6 Å². The quantitative estimate of drug-likeness (QED) is 0.622. The first kappa shape index (κ1) is 11.2. The van der Waals surface area contributed by atoms with Crippen molar-refractivity contribution in [3.8, 4) is 6.07 Å². The third-order valence-corrected chi connectivity index (χ3v) is 2.84. The third-order valence-electron chi connectivity index (χ3n) is 1.56. The van der Waals surface area contributed by atoms with Crippen LogP contribution in [0.4, 0.5) is 13.2 Å². The highest BCUT2D eigenvalue weighted by Gasteiger charge is 2.20. The second-order valence-electron chi connectivity index (χ2n) is 2.44. The van der Waals surface area contributed by atoms with Gasteiger partial charge in [-0.2, -0.15) is 9.65 Å². The van der Waals surface area contributed by atoms with Crippen molar-refractivity contribution in [3.63, 3.8) is 0 Å². The molecule has 2 nitrogen and oxygen atoms in total. The predicted molar refractivity (Wildman–Crippen MR) is 51.2 cm³/mol. The smallest absolute Gasteiger partial charge is 0.228 e. The maximum atomic E-state index is 12.8. The van der Waals surface area contributed by atoms with Crippen LogP contribution in [0.1, 0.15) is 17.6 Å². The first-order valence-electron chi connectivity index (χ1n) is 3.55. The van der Waals surface area contributed by atoms with E-state index in [2.05, 4.69) is 4.98 Å². The Labute approximate surface area is 91.9 Å². The van der Waals surface area contributed by atoms with Gasteiger partial charge in [0.15, 0.2) is 0 Å². The highest BCUT2D eigenvalue weighted by atomic mass is 127. The van der Waals surface area contributed by atoms with E-state index < -0.39 is 17.9 Å². The molecule has 0 unspecified atom stereocenters. The summed E-state index contributed by atoms with van der Waals surface area (Å²) in [5, 5.41) is 8.38. The Balaban J connectivity index is 3.28. The fourth-order valence-electron chi connectivity index (χ4n) is 0.919. The number of nitrogens with zero attached hydrogens (tertiary/aromatic N) is 2. The van der Waals surface area contributed by atoms with Crippen LogP contribution < -0.4 is 0 Å². The van der Waals surface area contributed by atoms with Crippen LogP contribution in [0.5, 0.6) is 0 Å². The van der Waals surface area contributed by atoms with E-state index in [-0.39, 0.29) is 9.99 Å². The zero-order valence-electron chi connectivity index (χ0n) is 6.77. The molecule has 1 heterocycles. The molecule has 0 N–H and O–H groups in total. The number of hydrogen-bond donors (Lipinski definition) is 0. The molecule has 1 rings (SSSR count). The van der Waals surface area contributed by atoms with Crippen molar-refractivity contribution < 1.29 is 13.2 Å². The molecule has 0 saturated carbocycles. The molecule has 0 spiro atoms. The van der Waals surface area contributed by atoms with Crippen molar-refractivity contribution in [2.24, 2.45) is 0 Å². The van der Waals surface area contributed by atoms with Gasteiger partial charge in [0, 0.05) is 9.77 Å². The summed E-state index contributed by atoms with van der Waals surface area (Å²) in [6.07, 6.45) is -1.86. The minimum Gasteiger partial charge on any atom is -0.228 e. The monoisotopic (exact) mass is 312 g/mol. The SMILES string of the molecule is N#CCc1cnc(F)c(C(F)F)c1I. The predicted octanol–water partition coefficient (Wildman–Crippen LogP) is 2.83. The maximum absolute atomic E-state index is 12.8. The molecular formula is C8H4F3IN2. The number of hydrogen-bond acceptors (Lipinski definition) is 2. The summed E-state index contributed by atoms with van der Waals surface area (Å²) < 4.78 is 37.6. The van der Waals surface area contributed by atoms with Gasteiger partial charge < -0.3 is 0 Å². The summed E-state index contributed by atoms with van der Waals surface area (Å²) in [5.41, 5.74) is -0.400. The molecule has 1 aromatic heterocycles. The van der Waals surface area contributed by atoms with Gasteiger partial charge in [0.25, 0.3) is 6.43 Å². The Morgan fingerprint density at radius 2 is 2.21 bits per heavy atom. The van der Waals surface area contributed by atoms with Gasteiger partial charge in [-0.25, -0.2) is 13.8 Å². The van der Waals surface area contributed by atoms with Gasteiger partial charge in [-0.15, -0.1) is 0 Å². The lowest BCUT2D eigenvalue weighted by molar-refractivity contribution is 0.144. The first-order valence-corrected chi connectivity index (χ1v) is 4.63. The standard InChI is InChI=1S/C8H4F3IN2/c9-7(10)5-6(12)4(1-2-13)3-14-8(5)11/h3,7H,1H2. The van der Waals surface area contributed by atoms with Gasteiger partial charge in [0.05, 0.1) is 18.1 Å². The highest BCUT2D eigenvalue weighted by molar-refractivity contribution is 14.1. The van der Waals surface area contributed by atoms with Crippen molar-refractivity contribution in [1.29, 1.82) is 5.26 Å². The molecule has 0 fully saturated rings. The highest BCUT2D eigenvalue weighted by Crippen LogP contribution is 2.28.